The summed E-state index contributed by atoms with van der Waals surface area (Å²) in [5, 5.41) is 1.69. The van der Waals surface area contributed by atoms with Gasteiger partial charge in [0.15, 0.2) is 6.10 Å². The Balaban J connectivity index is 1.59. The summed E-state index contributed by atoms with van der Waals surface area (Å²) in [6, 6.07) is 25.8. The van der Waals surface area contributed by atoms with Crippen LogP contribution in [0, 0.1) is 5.92 Å². The van der Waals surface area contributed by atoms with Crippen molar-refractivity contribution in [3.63, 3.8) is 0 Å². The van der Waals surface area contributed by atoms with Gasteiger partial charge < -0.3 is 4.74 Å². The molecule has 2 heterocycles. The van der Waals surface area contributed by atoms with Crippen molar-refractivity contribution in [3.8, 4) is 5.75 Å². The number of nitrogens with zero attached hydrogens (tertiary/aromatic N) is 2. The molecule has 3 aromatic carbocycles. The quantitative estimate of drug-likeness (QED) is 0.625. The lowest BCUT2D eigenvalue weighted by Crippen LogP contribution is -2.37. The number of amides is 2. The minimum atomic E-state index is -0.896. The number of anilines is 2. The maximum absolute atomic E-state index is 13.6. The summed E-state index contributed by atoms with van der Waals surface area (Å²) in [6.07, 6.45) is -0.896. The third kappa shape index (κ3) is 2.76. The van der Waals surface area contributed by atoms with Crippen LogP contribution < -0.4 is 14.7 Å². The van der Waals surface area contributed by atoms with E-state index in [9.17, 15) is 9.59 Å². The molecule has 0 radical (unpaired) electrons. The molecule has 2 fully saturated rings. The SMILES string of the molecule is COc1ccccc1N1C(=O)[C@@H]2[C@@H](c3ccccc3)N(c3ccccc3)O[C@H]2C1=O. The molecule has 0 spiro atoms. The van der Waals surface area contributed by atoms with Crippen LogP contribution >= 0.6 is 0 Å². The van der Waals surface area contributed by atoms with Crippen molar-refractivity contribution in [2.24, 2.45) is 5.92 Å². The van der Waals surface area contributed by atoms with Gasteiger partial charge in [0, 0.05) is 0 Å². The number of fused-ring (bicyclic) bond motifs is 1. The molecule has 5 rings (SSSR count). The van der Waals surface area contributed by atoms with Crippen LogP contribution in [0.25, 0.3) is 0 Å². The zero-order valence-electron chi connectivity index (χ0n) is 16.3. The van der Waals surface area contributed by atoms with Crippen molar-refractivity contribution in [1.82, 2.24) is 0 Å². The molecule has 2 saturated heterocycles. The molecule has 30 heavy (non-hydrogen) atoms. The smallest absolute Gasteiger partial charge is 0.266 e. The van der Waals surface area contributed by atoms with E-state index < -0.39 is 18.1 Å². The number of carbonyl (C=O) groups is 2. The largest absolute Gasteiger partial charge is 0.495 e. The van der Waals surface area contributed by atoms with Crippen LogP contribution in [0.1, 0.15) is 11.6 Å². The lowest BCUT2D eigenvalue weighted by molar-refractivity contribution is -0.126. The molecule has 0 saturated carbocycles. The fourth-order valence-electron chi connectivity index (χ4n) is 4.25. The molecule has 0 bridgehead atoms. The number of benzene rings is 3. The number of hydroxylamine groups is 1. The van der Waals surface area contributed by atoms with Gasteiger partial charge in [0.25, 0.3) is 5.91 Å². The molecule has 2 aliphatic rings. The predicted octanol–water partition coefficient (Wildman–Crippen LogP) is 3.75. The second-order valence-electron chi connectivity index (χ2n) is 7.25. The van der Waals surface area contributed by atoms with Crippen LogP contribution in [0.3, 0.4) is 0 Å². The van der Waals surface area contributed by atoms with Crippen molar-refractivity contribution < 1.29 is 19.2 Å². The molecule has 2 amide bonds. The molecule has 0 unspecified atom stereocenters. The lowest BCUT2D eigenvalue weighted by Gasteiger charge is -2.29. The normalized spacial score (nSPS) is 23.0. The second kappa shape index (κ2) is 7.31. The highest BCUT2D eigenvalue weighted by atomic mass is 16.7. The first kappa shape index (κ1) is 18.4. The molecular formula is C24H20N2O4. The van der Waals surface area contributed by atoms with Gasteiger partial charge in [-0.2, -0.15) is 0 Å². The summed E-state index contributed by atoms with van der Waals surface area (Å²) in [5.41, 5.74) is 2.15. The standard InChI is InChI=1S/C24H20N2O4/c1-29-19-15-9-8-14-18(19)25-23(27)20-21(16-10-4-2-5-11-16)26(30-22(20)24(25)28)17-12-6-3-7-13-17/h2-15,20-22H,1H3/t20-,21-,22-/m1/s1. The highest BCUT2D eigenvalue weighted by Crippen LogP contribution is 2.48. The molecule has 0 aliphatic carbocycles. The fourth-order valence-corrected chi connectivity index (χ4v) is 4.25. The summed E-state index contributed by atoms with van der Waals surface area (Å²) in [4.78, 5) is 34.2. The Bertz CT molecular complexity index is 1090. The molecular weight excluding hydrogens is 380 g/mol. The van der Waals surface area contributed by atoms with Gasteiger partial charge in [-0.15, -0.1) is 0 Å². The molecule has 0 N–H and O–H groups in total. The number of methoxy groups -OCH3 is 1. The van der Waals surface area contributed by atoms with Gasteiger partial charge >= 0.3 is 0 Å². The van der Waals surface area contributed by atoms with Crippen molar-refractivity contribution >= 4 is 23.2 Å². The Kier molecular flexibility index (Phi) is 4.48. The zero-order valence-corrected chi connectivity index (χ0v) is 16.3. The monoisotopic (exact) mass is 400 g/mol. The van der Waals surface area contributed by atoms with Crippen LogP contribution in [-0.2, 0) is 14.4 Å². The van der Waals surface area contributed by atoms with Gasteiger partial charge in [-0.1, -0.05) is 60.7 Å². The zero-order chi connectivity index (χ0) is 20.7. The summed E-state index contributed by atoms with van der Waals surface area (Å²) >= 11 is 0. The molecule has 6 heteroatoms. The summed E-state index contributed by atoms with van der Waals surface area (Å²) < 4.78 is 5.38. The average molecular weight is 400 g/mol. The molecule has 3 atom stereocenters. The Morgan fingerprint density at radius 2 is 1.43 bits per heavy atom. The van der Waals surface area contributed by atoms with E-state index in [2.05, 4.69) is 0 Å². The van der Waals surface area contributed by atoms with Crippen LogP contribution in [0.4, 0.5) is 11.4 Å². The van der Waals surface area contributed by atoms with Crippen molar-refractivity contribution in [3.05, 3.63) is 90.5 Å². The Labute approximate surface area is 174 Å². The third-order valence-electron chi connectivity index (χ3n) is 5.59. The van der Waals surface area contributed by atoms with E-state index in [1.807, 2.05) is 60.7 Å². The highest BCUT2D eigenvalue weighted by Gasteiger charge is 2.60. The van der Waals surface area contributed by atoms with Crippen LogP contribution in [-0.4, -0.2) is 25.0 Å². The van der Waals surface area contributed by atoms with E-state index in [0.29, 0.717) is 11.4 Å². The molecule has 6 nitrogen and oxygen atoms in total. The van der Waals surface area contributed by atoms with Gasteiger partial charge in [-0.3, -0.25) is 14.4 Å². The first-order valence-electron chi connectivity index (χ1n) is 9.77. The third-order valence-corrected chi connectivity index (χ3v) is 5.59. The van der Waals surface area contributed by atoms with E-state index in [4.69, 9.17) is 9.57 Å². The number of carbonyl (C=O) groups excluding carboxylic acids is 2. The summed E-state index contributed by atoms with van der Waals surface area (Å²) in [7, 11) is 1.52. The minimum absolute atomic E-state index is 0.290. The van der Waals surface area contributed by atoms with Gasteiger partial charge in [0.2, 0.25) is 5.91 Å². The van der Waals surface area contributed by atoms with Gasteiger partial charge in [-0.25, -0.2) is 9.96 Å². The van der Waals surface area contributed by atoms with Crippen molar-refractivity contribution in [1.29, 1.82) is 0 Å². The number of para-hydroxylation sites is 3. The molecule has 3 aromatic rings. The number of hydrogen-bond acceptors (Lipinski definition) is 5. The molecule has 2 aliphatic heterocycles. The maximum atomic E-state index is 13.6. The van der Waals surface area contributed by atoms with E-state index in [-0.39, 0.29) is 11.8 Å². The number of imide groups is 1. The average Bonchev–Trinajstić information content (AvgIpc) is 3.31. The lowest BCUT2D eigenvalue weighted by atomic mass is 9.90. The predicted molar refractivity (Wildman–Crippen MR) is 112 cm³/mol. The number of hydrogen-bond donors (Lipinski definition) is 0. The minimum Gasteiger partial charge on any atom is -0.495 e. The summed E-state index contributed by atoms with van der Waals surface area (Å²) in [6.45, 7) is 0. The highest BCUT2D eigenvalue weighted by molar-refractivity contribution is 6.24. The Hall–Kier alpha value is -3.64. The first-order valence-corrected chi connectivity index (χ1v) is 9.77. The van der Waals surface area contributed by atoms with Crippen molar-refractivity contribution in [2.75, 3.05) is 17.1 Å². The number of ether oxygens (including phenoxy) is 1. The molecule has 150 valence electrons. The molecule has 0 aromatic heterocycles. The van der Waals surface area contributed by atoms with Crippen LogP contribution in [0.5, 0.6) is 5.75 Å². The fraction of sp³-hybridized carbons (Fsp3) is 0.167. The van der Waals surface area contributed by atoms with Gasteiger partial charge in [-0.05, 0) is 29.8 Å². The Morgan fingerprint density at radius 1 is 0.800 bits per heavy atom. The Morgan fingerprint density at radius 3 is 2.13 bits per heavy atom. The van der Waals surface area contributed by atoms with Gasteiger partial charge in [0.1, 0.15) is 11.7 Å². The maximum Gasteiger partial charge on any atom is 0.266 e. The topological polar surface area (TPSA) is 59.1 Å². The van der Waals surface area contributed by atoms with E-state index >= 15 is 0 Å². The van der Waals surface area contributed by atoms with Crippen LogP contribution in [0.15, 0.2) is 84.9 Å². The second-order valence-corrected chi connectivity index (χ2v) is 7.25. The van der Waals surface area contributed by atoms with E-state index in [0.717, 1.165) is 11.3 Å². The van der Waals surface area contributed by atoms with Gasteiger partial charge in [0.05, 0.1) is 24.5 Å². The van der Waals surface area contributed by atoms with E-state index in [1.165, 1.54) is 12.0 Å². The summed E-state index contributed by atoms with van der Waals surface area (Å²) in [5.74, 6) is -0.865. The van der Waals surface area contributed by atoms with E-state index in [1.54, 1.807) is 29.3 Å². The van der Waals surface area contributed by atoms with Crippen LogP contribution in [0.2, 0.25) is 0 Å². The number of rotatable bonds is 4. The van der Waals surface area contributed by atoms with Crippen molar-refractivity contribution in [2.45, 2.75) is 12.1 Å². The first-order chi connectivity index (χ1) is 14.7.